The number of carbonyl (C=O) groups excluding carboxylic acids is 1. The number of aryl methyl sites for hydroxylation is 1. The molecule has 0 saturated carbocycles. The van der Waals surface area contributed by atoms with Crippen molar-refractivity contribution in [2.24, 2.45) is 0 Å². The summed E-state index contributed by atoms with van der Waals surface area (Å²) in [5.41, 5.74) is 3.11. The number of aromatic nitrogens is 1. The molecule has 0 bridgehead atoms. The third kappa shape index (κ3) is 5.88. The van der Waals surface area contributed by atoms with Gasteiger partial charge in [0.15, 0.2) is 0 Å². The summed E-state index contributed by atoms with van der Waals surface area (Å²) < 4.78 is 28.9. The van der Waals surface area contributed by atoms with Gasteiger partial charge in [-0.15, -0.1) is 0 Å². The summed E-state index contributed by atoms with van der Waals surface area (Å²) in [5.74, 6) is -0.377. The van der Waals surface area contributed by atoms with Crippen molar-refractivity contribution in [2.75, 3.05) is 4.31 Å². The van der Waals surface area contributed by atoms with Gasteiger partial charge in [0.25, 0.3) is 15.9 Å². The Hall–Kier alpha value is -3.68. The molecule has 0 unspecified atom stereocenters. The summed E-state index contributed by atoms with van der Waals surface area (Å²) in [6.45, 7) is 2.21. The van der Waals surface area contributed by atoms with E-state index in [4.69, 9.17) is 11.6 Å². The van der Waals surface area contributed by atoms with Crippen molar-refractivity contribution in [3.8, 4) is 0 Å². The van der Waals surface area contributed by atoms with Crippen molar-refractivity contribution in [3.63, 3.8) is 0 Å². The van der Waals surface area contributed by atoms with Crippen molar-refractivity contribution in [3.05, 3.63) is 125 Å². The SMILES string of the molecule is Cc1ccc(S(=O)(=O)N(Cc2ccc(Cl)cc2)c2ccccc2C(=O)NCc2ccncc2)cc1. The number of nitrogens with zero attached hydrogens (tertiary/aromatic N) is 2. The Kier molecular flexibility index (Phi) is 7.48. The molecule has 178 valence electrons. The predicted octanol–water partition coefficient (Wildman–Crippen LogP) is 5.37. The number of para-hydroxylation sites is 1. The number of sulfonamides is 1. The van der Waals surface area contributed by atoms with E-state index >= 15 is 0 Å². The van der Waals surface area contributed by atoms with E-state index in [1.807, 2.05) is 6.92 Å². The van der Waals surface area contributed by atoms with Crippen LogP contribution in [0, 0.1) is 6.92 Å². The number of carbonyl (C=O) groups is 1. The quantitative estimate of drug-likeness (QED) is 0.349. The molecule has 3 aromatic carbocycles. The number of nitrogens with one attached hydrogen (secondary N) is 1. The maximum Gasteiger partial charge on any atom is 0.264 e. The highest BCUT2D eigenvalue weighted by Gasteiger charge is 2.28. The number of amides is 1. The molecule has 0 aliphatic heterocycles. The zero-order valence-corrected chi connectivity index (χ0v) is 20.6. The van der Waals surface area contributed by atoms with Gasteiger partial charge < -0.3 is 5.32 Å². The molecule has 35 heavy (non-hydrogen) atoms. The van der Waals surface area contributed by atoms with Crippen molar-refractivity contribution < 1.29 is 13.2 Å². The van der Waals surface area contributed by atoms with E-state index in [2.05, 4.69) is 10.3 Å². The number of halogens is 1. The van der Waals surface area contributed by atoms with Crippen LogP contribution in [0.5, 0.6) is 0 Å². The topological polar surface area (TPSA) is 79.4 Å². The van der Waals surface area contributed by atoms with Crippen LogP contribution in [0.25, 0.3) is 0 Å². The number of benzene rings is 3. The summed E-state index contributed by atoms with van der Waals surface area (Å²) in [7, 11) is -3.99. The normalized spacial score (nSPS) is 11.1. The first kappa shape index (κ1) is 24.4. The molecule has 0 radical (unpaired) electrons. The maximum atomic E-state index is 13.8. The van der Waals surface area contributed by atoms with Gasteiger partial charge in [-0.25, -0.2) is 8.42 Å². The predicted molar refractivity (Wildman–Crippen MR) is 138 cm³/mol. The van der Waals surface area contributed by atoms with E-state index in [1.165, 1.54) is 4.31 Å². The first-order valence-electron chi connectivity index (χ1n) is 10.9. The Morgan fingerprint density at radius 1 is 0.886 bits per heavy atom. The van der Waals surface area contributed by atoms with Crippen molar-refractivity contribution in [2.45, 2.75) is 24.9 Å². The van der Waals surface area contributed by atoms with Gasteiger partial charge in [0.1, 0.15) is 0 Å². The fourth-order valence-electron chi connectivity index (χ4n) is 3.55. The molecule has 6 nitrogen and oxygen atoms in total. The van der Waals surface area contributed by atoms with Crippen molar-refractivity contribution in [1.82, 2.24) is 10.3 Å². The Labute approximate surface area is 210 Å². The molecular formula is C27H24ClN3O3S. The monoisotopic (exact) mass is 505 g/mol. The minimum absolute atomic E-state index is 0.0298. The molecule has 0 spiro atoms. The summed E-state index contributed by atoms with van der Waals surface area (Å²) in [6, 6.07) is 23.9. The summed E-state index contributed by atoms with van der Waals surface area (Å²) in [4.78, 5) is 17.3. The summed E-state index contributed by atoms with van der Waals surface area (Å²) in [6.07, 6.45) is 3.30. The van der Waals surface area contributed by atoms with E-state index in [0.29, 0.717) is 5.02 Å². The van der Waals surface area contributed by atoms with Gasteiger partial charge in [-0.3, -0.25) is 14.1 Å². The number of hydrogen-bond acceptors (Lipinski definition) is 4. The molecular weight excluding hydrogens is 482 g/mol. The van der Waals surface area contributed by atoms with E-state index in [9.17, 15) is 13.2 Å². The molecule has 1 heterocycles. The summed E-state index contributed by atoms with van der Waals surface area (Å²) >= 11 is 6.03. The zero-order valence-electron chi connectivity index (χ0n) is 19.1. The average molecular weight is 506 g/mol. The van der Waals surface area contributed by atoms with Crippen LogP contribution in [0.1, 0.15) is 27.0 Å². The number of pyridine rings is 1. The lowest BCUT2D eigenvalue weighted by molar-refractivity contribution is 0.0951. The molecule has 0 saturated heterocycles. The fourth-order valence-corrected chi connectivity index (χ4v) is 5.15. The molecule has 0 aliphatic rings. The lowest BCUT2D eigenvalue weighted by Crippen LogP contribution is -2.33. The van der Waals surface area contributed by atoms with Gasteiger partial charge in [-0.05, 0) is 66.6 Å². The molecule has 0 atom stereocenters. The van der Waals surface area contributed by atoms with E-state index < -0.39 is 10.0 Å². The third-order valence-electron chi connectivity index (χ3n) is 5.47. The molecule has 4 aromatic rings. The lowest BCUT2D eigenvalue weighted by Gasteiger charge is -2.27. The van der Waals surface area contributed by atoms with Crippen molar-refractivity contribution in [1.29, 1.82) is 0 Å². The van der Waals surface area contributed by atoms with Crippen LogP contribution in [-0.4, -0.2) is 19.3 Å². The molecule has 1 N–H and O–H groups in total. The lowest BCUT2D eigenvalue weighted by atomic mass is 10.1. The highest BCUT2D eigenvalue weighted by atomic mass is 35.5. The zero-order chi connectivity index (χ0) is 24.8. The van der Waals surface area contributed by atoms with Gasteiger partial charge in [0.05, 0.1) is 22.7 Å². The summed E-state index contributed by atoms with van der Waals surface area (Å²) in [5, 5.41) is 3.43. The van der Waals surface area contributed by atoms with Crippen LogP contribution < -0.4 is 9.62 Å². The standard InChI is InChI=1S/C27H24ClN3O3S/c1-20-6-12-24(13-7-20)35(33,34)31(19-22-8-10-23(28)11-9-22)26-5-3-2-4-25(26)27(32)30-18-21-14-16-29-17-15-21/h2-17H,18-19H2,1H3,(H,30,32). The highest BCUT2D eigenvalue weighted by Crippen LogP contribution is 2.30. The number of rotatable bonds is 8. The average Bonchev–Trinajstić information content (AvgIpc) is 2.88. The van der Waals surface area contributed by atoms with Gasteiger partial charge in [-0.2, -0.15) is 0 Å². The van der Waals surface area contributed by atoms with Crippen LogP contribution in [0.15, 0.2) is 102 Å². The second-order valence-corrected chi connectivity index (χ2v) is 10.3. The molecule has 0 fully saturated rings. The second kappa shape index (κ2) is 10.7. The minimum atomic E-state index is -3.99. The Morgan fingerprint density at radius 3 is 2.23 bits per heavy atom. The number of hydrogen-bond donors (Lipinski definition) is 1. The van der Waals surface area contributed by atoms with Crippen LogP contribution in [-0.2, 0) is 23.1 Å². The molecule has 1 amide bonds. The maximum absolute atomic E-state index is 13.8. The number of anilines is 1. The Morgan fingerprint density at radius 2 is 1.54 bits per heavy atom. The Bertz CT molecular complexity index is 1410. The van der Waals surface area contributed by atoms with Crippen LogP contribution in [0.4, 0.5) is 5.69 Å². The molecule has 1 aromatic heterocycles. The van der Waals surface area contributed by atoms with Crippen LogP contribution in [0.2, 0.25) is 5.02 Å². The van der Waals surface area contributed by atoms with Crippen LogP contribution in [0.3, 0.4) is 0 Å². The van der Waals surface area contributed by atoms with Gasteiger partial charge in [-0.1, -0.05) is 53.6 Å². The largest absolute Gasteiger partial charge is 0.348 e. The van der Waals surface area contributed by atoms with Crippen molar-refractivity contribution >= 4 is 33.2 Å². The van der Waals surface area contributed by atoms with Gasteiger partial charge in [0.2, 0.25) is 0 Å². The van der Waals surface area contributed by atoms with E-state index in [1.54, 1.807) is 97.3 Å². The molecule has 4 rings (SSSR count). The fraction of sp³-hybridized carbons (Fsp3) is 0.111. The third-order valence-corrected chi connectivity index (χ3v) is 7.49. The van der Waals surface area contributed by atoms with E-state index in [-0.39, 0.29) is 35.1 Å². The Balaban J connectivity index is 1.73. The smallest absolute Gasteiger partial charge is 0.264 e. The highest BCUT2D eigenvalue weighted by molar-refractivity contribution is 7.92. The molecule has 8 heteroatoms. The van der Waals surface area contributed by atoms with Gasteiger partial charge >= 0.3 is 0 Å². The molecule has 0 aliphatic carbocycles. The minimum Gasteiger partial charge on any atom is -0.348 e. The first-order valence-corrected chi connectivity index (χ1v) is 12.8. The first-order chi connectivity index (χ1) is 16.8. The van der Waals surface area contributed by atoms with Crippen LogP contribution >= 0.6 is 11.6 Å². The van der Waals surface area contributed by atoms with E-state index in [0.717, 1.165) is 16.7 Å². The van der Waals surface area contributed by atoms with Gasteiger partial charge in [0, 0.05) is 24.0 Å². The second-order valence-electron chi connectivity index (χ2n) is 8.01.